The second kappa shape index (κ2) is 5.35. The lowest BCUT2D eigenvalue weighted by Crippen LogP contribution is -2.37. The van der Waals surface area contributed by atoms with E-state index in [0.29, 0.717) is 22.4 Å². The summed E-state index contributed by atoms with van der Waals surface area (Å²) in [5, 5.41) is 4.33. The van der Waals surface area contributed by atoms with E-state index < -0.39 is 16.8 Å². The molecule has 1 aliphatic rings. The molecule has 9 heteroatoms. The fraction of sp³-hybridized carbons (Fsp3) is 0.438. The summed E-state index contributed by atoms with van der Waals surface area (Å²) in [5.74, 6) is 0.741. The first-order valence-electron chi connectivity index (χ1n) is 8.10. The molecule has 25 heavy (non-hydrogen) atoms. The van der Waals surface area contributed by atoms with Crippen molar-refractivity contribution in [2.45, 2.75) is 31.2 Å². The Kier molecular flexibility index (Phi) is 3.36. The van der Waals surface area contributed by atoms with Crippen molar-refractivity contribution in [1.29, 1.82) is 0 Å². The maximum Gasteiger partial charge on any atom is 0.332 e. The standard InChI is InChI=1S/C16H18N6O3/c1-21-11-10(13(23)22(2)15(21)24)7-9(8-18-11)12-19-14(20-25-12)16(17)5-3-4-6-16/h7-8H,3-6,17H2,1-2H3. The molecule has 0 aromatic carbocycles. The number of aromatic nitrogens is 5. The highest BCUT2D eigenvalue weighted by Gasteiger charge is 2.36. The molecule has 130 valence electrons. The van der Waals surface area contributed by atoms with Gasteiger partial charge in [0.15, 0.2) is 5.82 Å². The van der Waals surface area contributed by atoms with E-state index in [1.807, 2.05) is 0 Å². The second-order valence-corrected chi connectivity index (χ2v) is 6.59. The van der Waals surface area contributed by atoms with E-state index >= 15 is 0 Å². The number of fused-ring (bicyclic) bond motifs is 1. The van der Waals surface area contributed by atoms with Gasteiger partial charge < -0.3 is 10.3 Å². The molecule has 0 aliphatic heterocycles. The van der Waals surface area contributed by atoms with Crippen LogP contribution in [0, 0.1) is 0 Å². The Morgan fingerprint density at radius 1 is 1.20 bits per heavy atom. The van der Waals surface area contributed by atoms with Crippen LogP contribution in [0.15, 0.2) is 26.4 Å². The van der Waals surface area contributed by atoms with Gasteiger partial charge in [-0.15, -0.1) is 0 Å². The minimum atomic E-state index is -0.550. The van der Waals surface area contributed by atoms with Crippen LogP contribution in [0.2, 0.25) is 0 Å². The molecule has 1 saturated carbocycles. The highest BCUT2D eigenvalue weighted by Crippen LogP contribution is 2.35. The fourth-order valence-corrected chi connectivity index (χ4v) is 3.35. The molecule has 3 aromatic heterocycles. The predicted octanol–water partition coefficient (Wildman–Crippen LogP) is 0.410. The minimum Gasteiger partial charge on any atom is -0.334 e. The summed E-state index contributed by atoms with van der Waals surface area (Å²) in [7, 11) is 3.00. The third-order valence-electron chi connectivity index (χ3n) is 4.91. The molecule has 9 nitrogen and oxygen atoms in total. The van der Waals surface area contributed by atoms with Crippen molar-refractivity contribution in [2.75, 3.05) is 0 Å². The first-order chi connectivity index (χ1) is 11.9. The van der Waals surface area contributed by atoms with Crippen molar-refractivity contribution in [3.8, 4) is 11.5 Å². The lowest BCUT2D eigenvalue weighted by Gasteiger charge is -2.17. The Bertz CT molecular complexity index is 1090. The molecule has 4 rings (SSSR count). The molecular formula is C16H18N6O3. The van der Waals surface area contributed by atoms with Gasteiger partial charge in [-0.2, -0.15) is 4.98 Å². The molecule has 2 N–H and O–H groups in total. The van der Waals surface area contributed by atoms with Gasteiger partial charge in [-0.3, -0.25) is 13.9 Å². The first-order valence-corrected chi connectivity index (χ1v) is 8.10. The van der Waals surface area contributed by atoms with E-state index in [9.17, 15) is 9.59 Å². The van der Waals surface area contributed by atoms with E-state index in [1.165, 1.54) is 17.8 Å². The van der Waals surface area contributed by atoms with Gasteiger partial charge in [0.2, 0.25) is 0 Å². The summed E-state index contributed by atoms with van der Waals surface area (Å²) in [5.41, 5.74) is 5.78. The molecule has 3 aromatic rings. The number of hydrogen-bond acceptors (Lipinski definition) is 7. The van der Waals surface area contributed by atoms with Crippen molar-refractivity contribution < 1.29 is 4.52 Å². The zero-order chi connectivity index (χ0) is 17.8. The average Bonchev–Trinajstić information content (AvgIpc) is 3.28. The molecule has 0 spiro atoms. The third kappa shape index (κ3) is 2.30. The zero-order valence-electron chi connectivity index (χ0n) is 14.0. The number of hydrogen-bond donors (Lipinski definition) is 1. The third-order valence-corrected chi connectivity index (χ3v) is 4.91. The van der Waals surface area contributed by atoms with E-state index in [1.54, 1.807) is 13.1 Å². The Hall–Kier alpha value is -2.81. The Balaban J connectivity index is 1.85. The van der Waals surface area contributed by atoms with Crippen LogP contribution >= 0.6 is 0 Å². The zero-order valence-corrected chi connectivity index (χ0v) is 14.0. The van der Waals surface area contributed by atoms with Crippen LogP contribution in [0.1, 0.15) is 31.5 Å². The molecule has 0 radical (unpaired) electrons. The Morgan fingerprint density at radius 2 is 1.92 bits per heavy atom. The number of rotatable bonds is 2. The highest BCUT2D eigenvalue weighted by molar-refractivity contribution is 5.78. The molecule has 0 amide bonds. The summed E-state index contributed by atoms with van der Waals surface area (Å²) in [6.07, 6.45) is 5.25. The summed E-state index contributed by atoms with van der Waals surface area (Å²) in [6, 6.07) is 1.61. The van der Waals surface area contributed by atoms with Gasteiger partial charge in [0.25, 0.3) is 11.4 Å². The molecule has 0 saturated heterocycles. The molecule has 0 atom stereocenters. The van der Waals surface area contributed by atoms with Crippen molar-refractivity contribution in [1.82, 2.24) is 24.3 Å². The fourth-order valence-electron chi connectivity index (χ4n) is 3.35. The summed E-state index contributed by atoms with van der Waals surface area (Å²) >= 11 is 0. The number of nitrogens with two attached hydrogens (primary N) is 1. The highest BCUT2D eigenvalue weighted by atomic mass is 16.5. The van der Waals surface area contributed by atoms with Gasteiger partial charge in [0, 0.05) is 20.3 Å². The number of aryl methyl sites for hydroxylation is 1. The van der Waals surface area contributed by atoms with Gasteiger partial charge in [-0.25, -0.2) is 9.78 Å². The largest absolute Gasteiger partial charge is 0.334 e. The SMILES string of the molecule is Cn1c(=O)c2cc(-c3nc(C4(N)CCCC4)no3)cnc2n(C)c1=O. The van der Waals surface area contributed by atoms with Crippen molar-refractivity contribution in [3.63, 3.8) is 0 Å². The van der Waals surface area contributed by atoms with Crippen LogP contribution in [0.3, 0.4) is 0 Å². The molecular weight excluding hydrogens is 324 g/mol. The first kappa shape index (κ1) is 15.7. The van der Waals surface area contributed by atoms with Gasteiger partial charge in [-0.05, 0) is 18.9 Å². The maximum absolute atomic E-state index is 12.4. The molecule has 3 heterocycles. The quantitative estimate of drug-likeness (QED) is 0.715. The Labute approximate surface area is 142 Å². The van der Waals surface area contributed by atoms with Crippen LogP contribution in [0.25, 0.3) is 22.5 Å². The van der Waals surface area contributed by atoms with Crippen LogP contribution < -0.4 is 17.0 Å². The summed E-state index contributed by atoms with van der Waals surface area (Å²) < 4.78 is 7.71. The smallest absolute Gasteiger partial charge is 0.332 e. The molecule has 0 bridgehead atoms. The van der Waals surface area contributed by atoms with Crippen LogP contribution in [0.5, 0.6) is 0 Å². The topological polar surface area (TPSA) is 122 Å². The lowest BCUT2D eigenvalue weighted by atomic mass is 9.99. The van der Waals surface area contributed by atoms with Gasteiger partial charge >= 0.3 is 5.69 Å². The van der Waals surface area contributed by atoms with Gasteiger partial charge in [-0.1, -0.05) is 18.0 Å². The molecule has 0 unspecified atom stereocenters. The maximum atomic E-state index is 12.4. The van der Waals surface area contributed by atoms with Gasteiger partial charge in [0.1, 0.15) is 5.65 Å². The Morgan fingerprint density at radius 3 is 2.64 bits per heavy atom. The van der Waals surface area contributed by atoms with Crippen molar-refractivity contribution >= 4 is 11.0 Å². The van der Waals surface area contributed by atoms with E-state index in [2.05, 4.69) is 15.1 Å². The molecule has 1 aliphatic carbocycles. The second-order valence-electron chi connectivity index (χ2n) is 6.59. The monoisotopic (exact) mass is 342 g/mol. The van der Waals surface area contributed by atoms with Crippen molar-refractivity contribution in [2.24, 2.45) is 19.8 Å². The van der Waals surface area contributed by atoms with Crippen LogP contribution in [0.4, 0.5) is 0 Å². The minimum absolute atomic E-state index is 0.261. The van der Waals surface area contributed by atoms with Gasteiger partial charge in [0.05, 0.1) is 16.5 Å². The van der Waals surface area contributed by atoms with E-state index in [-0.39, 0.29) is 5.89 Å². The van der Waals surface area contributed by atoms with E-state index in [4.69, 9.17) is 10.3 Å². The van der Waals surface area contributed by atoms with Crippen LogP contribution in [-0.4, -0.2) is 24.3 Å². The molecule has 1 fully saturated rings. The predicted molar refractivity (Wildman–Crippen MR) is 89.9 cm³/mol. The normalized spacial score (nSPS) is 16.6. The summed E-state index contributed by atoms with van der Waals surface area (Å²) in [4.78, 5) is 33.0. The van der Waals surface area contributed by atoms with Crippen molar-refractivity contribution in [3.05, 3.63) is 38.9 Å². The lowest BCUT2D eigenvalue weighted by molar-refractivity contribution is 0.372. The average molecular weight is 342 g/mol. The number of nitrogens with zero attached hydrogens (tertiary/aromatic N) is 5. The number of pyridine rings is 1. The van der Waals surface area contributed by atoms with E-state index in [0.717, 1.165) is 30.3 Å². The van der Waals surface area contributed by atoms with Crippen LogP contribution in [-0.2, 0) is 19.6 Å². The summed E-state index contributed by atoms with van der Waals surface area (Å²) in [6.45, 7) is 0.